The fourth-order valence-corrected chi connectivity index (χ4v) is 0. The summed E-state index contributed by atoms with van der Waals surface area (Å²) in [5.74, 6) is 0. The Morgan fingerprint density at radius 1 is 1.80 bits per heavy atom. The number of hydrogen-bond donors (Lipinski definition) is 0. The quantitative estimate of drug-likeness (QED) is 0.316. The average molecular weight is 68.0 g/mol. The van der Waals surface area contributed by atoms with Crippen LogP contribution in [0.3, 0.4) is 0 Å². The summed E-state index contributed by atoms with van der Waals surface area (Å²) in [5, 5.41) is 0. The molecular weight excluding hydrogens is 59.0 g/mol. The minimum atomic E-state index is 0. The van der Waals surface area contributed by atoms with Crippen LogP contribution in [0.25, 0.3) is 0 Å². The van der Waals surface area contributed by atoms with Crippen molar-refractivity contribution in [3.8, 4) is 0 Å². The molecule has 0 radical (unpaired) electrons. The second-order valence-electron chi connectivity index (χ2n) is 0.577. The second kappa shape index (κ2) is 8.82. The Hall–Kier alpha value is 0.557. The van der Waals surface area contributed by atoms with Gasteiger partial charge in [-0.2, -0.15) is 0 Å². The van der Waals surface area contributed by atoms with Crippen LogP contribution in [-0.4, -0.2) is 13.7 Å². The topological polar surface area (TPSA) is 9.23 Å². The Morgan fingerprint density at radius 2 is 2.00 bits per heavy atom. The summed E-state index contributed by atoms with van der Waals surface area (Å²) in [6.07, 6.45) is 0. The third kappa shape index (κ3) is 12.3. The summed E-state index contributed by atoms with van der Waals surface area (Å²) in [4.78, 5) is 0. The molecule has 0 saturated carbocycles. The molecule has 28 valence electrons. The molecule has 1 nitrogen and oxygen atoms in total. The fraction of sp³-hybridized carbons (Fsp3) is 1.00. The zero-order valence-corrected chi connectivity index (χ0v) is 4.12. The van der Waals surface area contributed by atoms with Crippen molar-refractivity contribution in [2.45, 2.75) is 6.92 Å². The molecule has 0 aromatic carbocycles. The van der Waals surface area contributed by atoms with Gasteiger partial charge >= 0.3 is 18.9 Å². The Bertz CT molecular complexity index is 12.8. The number of methoxy groups -OCH3 is 1. The minimum Gasteiger partial charge on any atom is -1.00 e. The predicted molar refractivity (Wildman–Crippen MR) is 18.7 cm³/mol. The summed E-state index contributed by atoms with van der Waals surface area (Å²) < 4.78 is 4.54. The van der Waals surface area contributed by atoms with Gasteiger partial charge in [-0.3, -0.25) is 0 Å². The standard InChI is InChI=1S/C3H8O.Li.H/c1-3-4-2;;/h3H2,1-2H3;;/q;+1;-1. The molecule has 0 aliphatic heterocycles. The van der Waals surface area contributed by atoms with E-state index < -0.39 is 0 Å². The molecule has 2 heteroatoms. The van der Waals surface area contributed by atoms with Crippen LogP contribution < -0.4 is 18.9 Å². The van der Waals surface area contributed by atoms with E-state index in [4.69, 9.17) is 0 Å². The molecular formula is C3H9LiO. The van der Waals surface area contributed by atoms with Crippen LogP contribution in [0.4, 0.5) is 0 Å². The number of rotatable bonds is 1. The molecule has 0 rings (SSSR count). The van der Waals surface area contributed by atoms with E-state index in [9.17, 15) is 0 Å². The van der Waals surface area contributed by atoms with E-state index in [0.717, 1.165) is 6.61 Å². The molecule has 5 heavy (non-hydrogen) atoms. The van der Waals surface area contributed by atoms with E-state index in [-0.39, 0.29) is 20.3 Å². The van der Waals surface area contributed by atoms with E-state index in [0.29, 0.717) is 0 Å². The normalized spacial score (nSPS) is 6.00. The van der Waals surface area contributed by atoms with Crippen molar-refractivity contribution < 1.29 is 25.0 Å². The van der Waals surface area contributed by atoms with Gasteiger partial charge in [-0.15, -0.1) is 0 Å². The molecule has 0 fully saturated rings. The largest absolute Gasteiger partial charge is 1.00 e. The van der Waals surface area contributed by atoms with Crippen LogP contribution in [0.1, 0.15) is 8.35 Å². The summed E-state index contributed by atoms with van der Waals surface area (Å²) in [6, 6.07) is 0. The summed E-state index contributed by atoms with van der Waals surface area (Å²) in [7, 11) is 1.68. The minimum absolute atomic E-state index is 0. The Labute approximate surface area is 46.4 Å². The molecule has 0 aliphatic rings. The molecule has 0 N–H and O–H groups in total. The molecule has 0 heterocycles. The third-order valence-corrected chi connectivity index (χ3v) is 0.289. The van der Waals surface area contributed by atoms with E-state index >= 15 is 0 Å². The summed E-state index contributed by atoms with van der Waals surface area (Å²) in [6.45, 7) is 2.78. The second-order valence-corrected chi connectivity index (χ2v) is 0.577. The van der Waals surface area contributed by atoms with Crippen LogP contribution in [0.5, 0.6) is 0 Å². The number of hydrogen-bond acceptors (Lipinski definition) is 1. The van der Waals surface area contributed by atoms with Gasteiger partial charge in [0.05, 0.1) is 0 Å². The first-order valence-corrected chi connectivity index (χ1v) is 1.40. The van der Waals surface area contributed by atoms with Crippen molar-refractivity contribution in [1.82, 2.24) is 0 Å². The molecule has 0 amide bonds. The Kier molecular flexibility index (Phi) is 16.1. The zero-order chi connectivity index (χ0) is 3.41. The summed E-state index contributed by atoms with van der Waals surface area (Å²) in [5.41, 5.74) is 0. The van der Waals surface area contributed by atoms with Gasteiger partial charge in [0.25, 0.3) is 0 Å². The van der Waals surface area contributed by atoms with Crippen LogP contribution in [0.2, 0.25) is 0 Å². The molecule has 0 aliphatic carbocycles. The molecule has 0 aromatic heterocycles. The maximum atomic E-state index is 4.54. The van der Waals surface area contributed by atoms with E-state index in [2.05, 4.69) is 4.74 Å². The van der Waals surface area contributed by atoms with Gasteiger partial charge in [0.1, 0.15) is 0 Å². The van der Waals surface area contributed by atoms with Gasteiger partial charge in [0.15, 0.2) is 0 Å². The van der Waals surface area contributed by atoms with Gasteiger partial charge in [0.2, 0.25) is 0 Å². The number of ether oxygens (including phenoxy) is 1. The SMILES string of the molecule is CCOC.[H-].[Li+]. The maximum Gasteiger partial charge on any atom is 1.00 e. The van der Waals surface area contributed by atoms with Crippen molar-refractivity contribution in [3.63, 3.8) is 0 Å². The monoisotopic (exact) mass is 68.1 g/mol. The average Bonchev–Trinajstić information content (AvgIpc) is 1.37. The van der Waals surface area contributed by atoms with Crippen LogP contribution >= 0.6 is 0 Å². The first-order valence-electron chi connectivity index (χ1n) is 1.40. The predicted octanol–water partition coefficient (Wildman–Crippen LogP) is -2.23. The van der Waals surface area contributed by atoms with E-state index in [1.807, 2.05) is 6.92 Å². The fourth-order valence-electron chi connectivity index (χ4n) is 0. The van der Waals surface area contributed by atoms with Crippen molar-refractivity contribution >= 4 is 0 Å². The van der Waals surface area contributed by atoms with E-state index in [1.54, 1.807) is 7.11 Å². The molecule has 0 bridgehead atoms. The Morgan fingerprint density at radius 3 is 2.00 bits per heavy atom. The van der Waals surface area contributed by atoms with Gasteiger partial charge in [-0.05, 0) is 6.92 Å². The van der Waals surface area contributed by atoms with Crippen molar-refractivity contribution in [2.75, 3.05) is 13.7 Å². The van der Waals surface area contributed by atoms with Crippen molar-refractivity contribution in [3.05, 3.63) is 0 Å². The van der Waals surface area contributed by atoms with Gasteiger partial charge in [0, 0.05) is 13.7 Å². The molecule has 0 atom stereocenters. The molecule has 0 aromatic rings. The molecule has 0 spiro atoms. The third-order valence-electron chi connectivity index (χ3n) is 0.289. The van der Waals surface area contributed by atoms with Gasteiger partial charge < -0.3 is 6.16 Å². The van der Waals surface area contributed by atoms with Gasteiger partial charge in [-0.1, -0.05) is 0 Å². The summed E-state index contributed by atoms with van der Waals surface area (Å²) >= 11 is 0. The Balaban J connectivity index is -0.0000000450. The van der Waals surface area contributed by atoms with Crippen molar-refractivity contribution in [1.29, 1.82) is 0 Å². The maximum absolute atomic E-state index is 4.54. The van der Waals surface area contributed by atoms with Crippen LogP contribution in [-0.2, 0) is 4.74 Å². The molecule has 0 saturated heterocycles. The van der Waals surface area contributed by atoms with Crippen LogP contribution in [0, 0.1) is 0 Å². The van der Waals surface area contributed by atoms with E-state index in [1.165, 1.54) is 0 Å². The smallest absolute Gasteiger partial charge is 1.00 e. The zero-order valence-electron chi connectivity index (χ0n) is 5.12. The first-order chi connectivity index (χ1) is 1.91. The van der Waals surface area contributed by atoms with Crippen molar-refractivity contribution in [2.24, 2.45) is 0 Å². The van der Waals surface area contributed by atoms with Gasteiger partial charge in [-0.25, -0.2) is 0 Å². The molecule has 0 unspecified atom stereocenters. The first kappa shape index (κ1) is 9.12. The van der Waals surface area contributed by atoms with Crippen LogP contribution in [0.15, 0.2) is 0 Å².